The molecule has 4 bridgehead atoms. The number of sulfonamides is 1. The number of nitrogens with one attached hydrogen (secondary N) is 2. The highest BCUT2D eigenvalue weighted by molar-refractivity contribution is 7.89. The molecule has 2 amide bonds. The summed E-state index contributed by atoms with van der Waals surface area (Å²) in [5, 5.41) is 16.3. The fourth-order valence-electron chi connectivity index (χ4n) is 5.00. The van der Waals surface area contributed by atoms with Gasteiger partial charge in [-0.3, -0.25) is 19.7 Å². The second-order valence-electron chi connectivity index (χ2n) is 10.2. The molecule has 3 aromatic rings. The first-order chi connectivity index (χ1) is 21.3. The van der Waals surface area contributed by atoms with Gasteiger partial charge < -0.3 is 24.8 Å². The van der Waals surface area contributed by atoms with E-state index in [9.17, 15) is 32.9 Å². The van der Waals surface area contributed by atoms with E-state index in [1.165, 1.54) is 41.4 Å². The van der Waals surface area contributed by atoms with Gasteiger partial charge in [-0.25, -0.2) is 13.2 Å². The number of fused-ring (bicyclic) bond motifs is 5. The van der Waals surface area contributed by atoms with Crippen molar-refractivity contribution in [3.63, 3.8) is 0 Å². The Labute approximate surface area is 259 Å². The zero-order chi connectivity index (χ0) is 33.1. The lowest BCUT2D eigenvalue weighted by Crippen LogP contribution is -2.53. The molecule has 1 heterocycles. The Kier molecular flexibility index (Phi) is 9.73. The van der Waals surface area contributed by atoms with Gasteiger partial charge in [0, 0.05) is 36.7 Å². The summed E-state index contributed by atoms with van der Waals surface area (Å²) in [7, 11) is 0.863. The van der Waals surface area contributed by atoms with Crippen LogP contribution in [0.2, 0.25) is 0 Å². The topological polar surface area (TPSA) is 183 Å². The van der Waals surface area contributed by atoms with Gasteiger partial charge in [0.2, 0.25) is 21.8 Å². The molecule has 0 aromatic heterocycles. The molecule has 1 aliphatic rings. The second kappa shape index (κ2) is 13.3. The first-order valence-corrected chi connectivity index (χ1v) is 15.0. The SMILES string of the molecule is COC(=O)[C@@H]1Cc2ccc(OC)c(c2)-c2cc(ccc2OC)[C@H](N(C)S(=O)(=O)c2ccc([N+](=O)[O-])cc2)C(=O)N[C@@H](C)C(=O)N1. The van der Waals surface area contributed by atoms with Crippen LogP contribution in [0.1, 0.15) is 24.1 Å². The second-order valence-corrected chi connectivity index (χ2v) is 12.2. The van der Waals surface area contributed by atoms with Gasteiger partial charge in [-0.05, 0) is 54.4 Å². The van der Waals surface area contributed by atoms with E-state index in [2.05, 4.69) is 10.6 Å². The molecule has 45 heavy (non-hydrogen) atoms. The molecular weight excluding hydrogens is 608 g/mol. The number of amides is 2. The Morgan fingerprint density at radius 3 is 2.09 bits per heavy atom. The van der Waals surface area contributed by atoms with Crippen molar-refractivity contribution in [3.05, 3.63) is 81.9 Å². The zero-order valence-corrected chi connectivity index (χ0v) is 25.9. The molecule has 14 nitrogen and oxygen atoms in total. The van der Waals surface area contributed by atoms with Gasteiger partial charge in [-0.15, -0.1) is 0 Å². The summed E-state index contributed by atoms with van der Waals surface area (Å²) in [4.78, 5) is 49.9. The van der Waals surface area contributed by atoms with Crippen LogP contribution < -0.4 is 20.1 Å². The van der Waals surface area contributed by atoms with Crippen molar-refractivity contribution < 1.29 is 41.9 Å². The number of ether oxygens (including phenoxy) is 3. The highest BCUT2D eigenvalue weighted by Crippen LogP contribution is 2.40. The highest BCUT2D eigenvalue weighted by atomic mass is 32.2. The number of nitro groups is 1. The van der Waals surface area contributed by atoms with Gasteiger partial charge in [-0.1, -0.05) is 12.1 Å². The average molecular weight is 641 g/mol. The molecule has 2 N–H and O–H groups in total. The van der Waals surface area contributed by atoms with Crippen LogP contribution in [0.5, 0.6) is 11.5 Å². The number of esters is 1. The van der Waals surface area contributed by atoms with Crippen molar-refractivity contribution >= 4 is 33.5 Å². The first-order valence-electron chi connectivity index (χ1n) is 13.6. The van der Waals surface area contributed by atoms with Gasteiger partial charge >= 0.3 is 5.97 Å². The molecule has 1 aliphatic heterocycles. The van der Waals surface area contributed by atoms with Crippen LogP contribution in [-0.4, -0.2) is 75.9 Å². The lowest BCUT2D eigenvalue weighted by atomic mass is 9.94. The van der Waals surface area contributed by atoms with E-state index in [4.69, 9.17) is 14.2 Å². The standard InChI is InChI=1S/C30H32N4O10S/c1-17-28(35)32-24(30(37)44-5)15-18-6-12-25(42-3)22(14-18)23-16-19(7-13-26(23)43-4)27(29(36)31-17)33(2)45(40,41)21-10-8-20(9-11-21)34(38)39/h6-14,16-17,24,27H,15H2,1-5H3,(H,31,36)(H,32,35)/t17-,24-,27-/m0/s1. The summed E-state index contributed by atoms with van der Waals surface area (Å²) in [6.45, 7) is 1.39. The van der Waals surface area contributed by atoms with Crippen LogP contribution in [0.4, 0.5) is 5.69 Å². The summed E-state index contributed by atoms with van der Waals surface area (Å²) in [6, 6.07) is 10.2. The van der Waals surface area contributed by atoms with Crippen LogP contribution in [-0.2, 0) is 35.6 Å². The first kappa shape index (κ1) is 32.9. The van der Waals surface area contributed by atoms with Crippen LogP contribution in [0.15, 0.2) is 65.6 Å². The number of rotatable bonds is 7. The van der Waals surface area contributed by atoms with Crippen molar-refractivity contribution in [1.82, 2.24) is 14.9 Å². The molecule has 0 radical (unpaired) electrons. The molecule has 0 spiro atoms. The van der Waals surface area contributed by atoms with Crippen LogP contribution >= 0.6 is 0 Å². The van der Waals surface area contributed by atoms with Crippen molar-refractivity contribution in [2.75, 3.05) is 28.4 Å². The molecule has 0 unspecified atom stereocenters. The van der Waals surface area contributed by atoms with Gasteiger partial charge in [0.1, 0.15) is 29.6 Å². The maximum Gasteiger partial charge on any atom is 0.328 e. The Balaban J connectivity index is 1.94. The number of nitro benzene ring substituents is 1. The molecule has 0 fully saturated rings. The minimum atomic E-state index is -4.43. The lowest BCUT2D eigenvalue weighted by molar-refractivity contribution is -0.384. The number of non-ortho nitro benzene ring substituents is 1. The van der Waals surface area contributed by atoms with Gasteiger partial charge in [0.05, 0.1) is 31.1 Å². The number of methoxy groups -OCH3 is 3. The smallest absolute Gasteiger partial charge is 0.328 e. The average Bonchev–Trinajstić information content (AvgIpc) is 3.03. The minimum absolute atomic E-state index is 0.0525. The molecule has 0 saturated heterocycles. The Hall–Kier alpha value is -5.02. The fourth-order valence-corrected chi connectivity index (χ4v) is 6.30. The van der Waals surface area contributed by atoms with Crippen LogP contribution in [0, 0.1) is 10.1 Å². The lowest BCUT2D eigenvalue weighted by Gasteiger charge is -2.29. The number of nitrogens with zero attached hydrogens (tertiary/aromatic N) is 2. The predicted molar refractivity (Wildman–Crippen MR) is 161 cm³/mol. The number of likely N-dealkylation sites (N-methyl/N-ethyl adjacent to an activating group) is 1. The van der Waals surface area contributed by atoms with Gasteiger partial charge in [-0.2, -0.15) is 4.31 Å². The zero-order valence-electron chi connectivity index (χ0n) is 25.1. The van der Waals surface area contributed by atoms with E-state index in [1.54, 1.807) is 30.3 Å². The summed E-state index contributed by atoms with van der Waals surface area (Å²) < 4.78 is 44.5. The van der Waals surface area contributed by atoms with Gasteiger partial charge in [0.25, 0.3) is 5.69 Å². The number of hydrogen-bond donors (Lipinski definition) is 2. The summed E-state index contributed by atoms with van der Waals surface area (Å²) in [6.07, 6.45) is 0.0525. The summed E-state index contributed by atoms with van der Waals surface area (Å²) in [5.74, 6) is -1.47. The van der Waals surface area contributed by atoms with Crippen molar-refractivity contribution in [2.45, 2.75) is 36.4 Å². The Morgan fingerprint density at radius 1 is 0.911 bits per heavy atom. The summed E-state index contributed by atoms with van der Waals surface area (Å²) in [5.41, 5.74) is 1.51. The molecule has 3 aromatic carbocycles. The molecule has 3 atom stereocenters. The third kappa shape index (κ3) is 6.73. The van der Waals surface area contributed by atoms with Crippen molar-refractivity contribution in [3.8, 4) is 22.6 Å². The normalized spacial score (nSPS) is 18.7. The minimum Gasteiger partial charge on any atom is -0.496 e. The maximum absolute atomic E-state index is 13.9. The van der Waals surface area contributed by atoms with Crippen LogP contribution in [0.3, 0.4) is 0 Å². The van der Waals surface area contributed by atoms with E-state index in [-0.39, 0.29) is 22.6 Å². The molecule has 15 heteroatoms. The van der Waals surface area contributed by atoms with E-state index in [0.29, 0.717) is 28.2 Å². The Morgan fingerprint density at radius 2 is 1.51 bits per heavy atom. The number of carbonyl (C=O) groups excluding carboxylic acids is 3. The number of carbonyl (C=O) groups is 3. The van der Waals surface area contributed by atoms with E-state index >= 15 is 0 Å². The van der Waals surface area contributed by atoms with Crippen molar-refractivity contribution in [2.24, 2.45) is 0 Å². The number of benzene rings is 3. The Bertz CT molecular complexity index is 1740. The molecule has 4 rings (SSSR count). The summed E-state index contributed by atoms with van der Waals surface area (Å²) >= 11 is 0. The fraction of sp³-hybridized carbons (Fsp3) is 0.300. The van der Waals surface area contributed by atoms with E-state index < -0.39 is 50.9 Å². The quantitative estimate of drug-likeness (QED) is 0.221. The third-order valence-electron chi connectivity index (χ3n) is 7.42. The molecule has 0 saturated carbocycles. The van der Waals surface area contributed by atoms with Crippen molar-refractivity contribution in [1.29, 1.82) is 0 Å². The van der Waals surface area contributed by atoms with Crippen LogP contribution in [0.25, 0.3) is 11.1 Å². The van der Waals surface area contributed by atoms with Gasteiger partial charge in [0.15, 0.2) is 0 Å². The molecule has 0 aliphatic carbocycles. The maximum atomic E-state index is 13.9. The predicted octanol–water partition coefficient (Wildman–Crippen LogP) is 2.36. The number of hydrogen-bond acceptors (Lipinski definition) is 10. The molecule has 238 valence electrons. The third-order valence-corrected chi connectivity index (χ3v) is 9.26. The van der Waals surface area contributed by atoms with E-state index in [1.807, 2.05) is 0 Å². The monoisotopic (exact) mass is 640 g/mol. The largest absolute Gasteiger partial charge is 0.496 e. The molecular formula is C30H32N4O10S. The highest BCUT2D eigenvalue weighted by Gasteiger charge is 2.37. The van der Waals surface area contributed by atoms with E-state index in [0.717, 1.165) is 28.6 Å².